The summed E-state index contributed by atoms with van der Waals surface area (Å²) < 4.78 is 0. The van der Waals surface area contributed by atoms with E-state index in [1.807, 2.05) is 37.7 Å². The molecule has 6 aromatic carbocycles. The number of nitrogens with one attached hydrogen (secondary N) is 1. The van der Waals surface area contributed by atoms with Gasteiger partial charge < -0.3 is 5.32 Å². The summed E-state index contributed by atoms with van der Waals surface area (Å²) in [6.45, 7) is 10.3. The molecule has 0 amide bonds. The summed E-state index contributed by atoms with van der Waals surface area (Å²) in [5, 5.41) is 13.2. The van der Waals surface area contributed by atoms with Crippen LogP contribution in [0, 0.1) is 0 Å². The van der Waals surface area contributed by atoms with Gasteiger partial charge in [0.15, 0.2) is 0 Å². The molecule has 0 unspecified atom stereocenters. The van der Waals surface area contributed by atoms with Crippen molar-refractivity contribution in [1.82, 2.24) is 9.97 Å². The highest BCUT2D eigenvalue weighted by molar-refractivity contribution is 6.19. The Kier molecular flexibility index (Phi) is 10.5. The van der Waals surface area contributed by atoms with Crippen molar-refractivity contribution in [2.75, 3.05) is 12.4 Å². The van der Waals surface area contributed by atoms with Crippen molar-refractivity contribution < 1.29 is 0 Å². The first-order valence-electron chi connectivity index (χ1n) is 19.4. The quantitative estimate of drug-likeness (QED) is 0.0775. The van der Waals surface area contributed by atoms with Crippen LogP contribution >= 0.6 is 0 Å². The van der Waals surface area contributed by atoms with Crippen LogP contribution in [0.1, 0.15) is 37.3 Å². The van der Waals surface area contributed by atoms with E-state index in [2.05, 4.69) is 170 Å². The number of hydrogen-bond donors (Lipinski definition) is 1. The van der Waals surface area contributed by atoms with E-state index in [-0.39, 0.29) is 0 Å². The van der Waals surface area contributed by atoms with E-state index in [1.54, 1.807) is 0 Å². The first-order valence-corrected chi connectivity index (χ1v) is 19.4. The lowest BCUT2D eigenvalue weighted by atomic mass is 9.87. The molecule has 0 saturated carbocycles. The molecule has 0 aliphatic heterocycles. The SMILES string of the molecule is C=C/C=C\C(=C(/C)CCC/C=C\C(=C/C=C)c1ccc(-c2ccnc3c2ccc2cccnc23)c2ccccc12)c1c(NC)c2ccccc2c2ccccc12. The highest BCUT2D eigenvalue weighted by atomic mass is 14.8. The van der Waals surface area contributed by atoms with Gasteiger partial charge in [0.25, 0.3) is 0 Å². The minimum atomic E-state index is 0.922. The Morgan fingerprint density at radius 3 is 2.09 bits per heavy atom. The fourth-order valence-electron chi connectivity index (χ4n) is 8.25. The van der Waals surface area contributed by atoms with Gasteiger partial charge in [-0.3, -0.25) is 9.97 Å². The zero-order valence-corrected chi connectivity index (χ0v) is 32.1. The summed E-state index contributed by atoms with van der Waals surface area (Å²) in [6.07, 6.45) is 21.4. The summed E-state index contributed by atoms with van der Waals surface area (Å²) in [4.78, 5) is 9.45. The molecule has 0 aliphatic rings. The van der Waals surface area contributed by atoms with Gasteiger partial charge in [0, 0.05) is 41.2 Å². The topological polar surface area (TPSA) is 37.8 Å². The van der Waals surface area contributed by atoms with Crippen LogP contribution in [0.5, 0.6) is 0 Å². The predicted octanol–water partition coefficient (Wildman–Crippen LogP) is 14.5. The molecule has 0 aliphatic carbocycles. The molecule has 1 N–H and O–H groups in total. The Morgan fingerprint density at radius 1 is 0.625 bits per heavy atom. The second-order valence-electron chi connectivity index (χ2n) is 14.1. The van der Waals surface area contributed by atoms with Crippen LogP contribution in [0.4, 0.5) is 5.69 Å². The van der Waals surface area contributed by atoms with E-state index in [9.17, 15) is 0 Å². The Hall–Kier alpha value is -6.84. The normalized spacial score (nSPS) is 12.7. The molecule has 56 heavy (non-hydrogen) atoms. The van der Waals surface area contributed by atoms with Crippen molar-refractivity contribution in [3.05, 3.63) is 200 Å². The molecule has 8 aromatic rings. The predicted molar refractivity (Wildman–Crippen MR) is 244 cm³/mol. The standard InChI is InChI=1S/C53H45N3/c1-5-7-22-39(50-47-27-15-13-25-43(47)44-26-14-16-28-48(44)52(50)54-4)36(3)19-9-8-10-20-37(18-6-2)40-31-32-45(42-24-12-11-23-41(40)42)46-33-35-56-53-49(46)30-29-38-21-17-34-55-51(38)53/h5-7,10-18,20-35,54H,1-2,8-9,19H2,3-4H3/b20-10-,22-7-,37-18+,39-36-. The number of rotatable bonds is 12. The molecule has 0 fully saturated rings. The van der Waals surface area contributed by atoms with Gasteiger partial charge in [-0.2, -0.15) is 0 Å². The molecule has 0 saturated heterocycles. The highest BCUT2D eigenvalue weighted by Crippen LogP contribution is 2.42. The number of nitrogens with zero attached hydrogens (tertiary/aromatic N) is 2. The molecule has 2 heterocycles. The van der Waals surface area contributed by atoms with E-state index < -0.39 is 0 Å². The Bertz CT molecular complexity index is 2920. The van der Waals surface area contributed by atoms with Crippen LogP contribution in [0.3, 0.4) is 0 Å². The Balaban J connectivity index is 1.09. The Morgan fingerprint density at radius 2 is 1.32 bits per heavy atom. The van der Waals surface area contributed by atoms with Gasteiger partial charge in [-0.1, -0.05) is 164 Å². The molecule has 3 nitrogen and oxygen atoms in total. The van der Waals surface area contributed by atoms with Crippen molar-refractivity contribution >= 4 is 71.0 Å². The van der Waals surface area contributed by atoms with Crippen LogP contribution in [0.25, 0.3) is 76.4 Å². The second-order valence-corrected chi connectivity index (χ2v) is 14.1. The lowest BCUT2D eigenvalue weighted by Gasteiger charge is -2.20. The second kappa shape index (κ2) is 16.3. The molecule has 8 rings (SSSR count). The maximum atomic E-state index is 4.77. The fraction of sp³-hybridized carbons (Fsp3) is 0.0943. The van der Waals surface area contributed by atoms with Crippen molar-refractivity contribution in [2.45, 2.75) is 26.2 Å². The number of anilines is 1. The minimum Gasteiger partial charge on any atom is -0.387 e. The van der Waals surface area contributed by atoms with E-state index in [1.165, 1.54) is 60.2 Å². The van der Waals surface area contributed by atoms with Crippen LogP contribution in [-0.2, 0) is 0 Å². The number of allylic oxidation sites excluding steroid dienone is 10. The average Bonchev–Trinajstić information content (AvgIpc) is 3.25. The summed E-state index contributed by atoms with van der Waals surface area (Å²) in [5.41, 5.74) is 11.5. The first-order chi connectivity index (χ1) is 27.6. The van der Waals surface area contributed by atoms with Gasteiger partial charge in [-0.15, -0.1) is 0 Å². The van der Waals surface area contributed by atoms with Crippen LogP contribution in [0.2, 0.25) is 0 Å². The summed E-state index contributed by atoms with van der Waals surface area (Å²) >= 11 is 0. The van der Waals surface area contributed by atoms with Crippen LogP contribution < -0.4 is 5.32 Å². The molecule has 3 heteroatoms. The maximum absolute atomic E-state index is 4.77. The molecular formula is C53H45N3. The lowest BCUT2D eigenvalue weighted by Crippen LogP contribution is -1.99. The van der Waals surface area contributed by atoms with Gasteiger partial charge >= 0.3 is 0 Å². The summed E-state index contributed by atoms with van der Waals surface area (Å²) in [5.74, 6) is 0. The average molecular weight is 724 g/mol. The molecule has 0 atom stereocenters. The number of hydrogen-bond acceptors (Lipinski definition) is 3. The molecule has 272 valence electrons. The van der Waals surface area contributed by atoms with Gasteiger partial charge in [0.1, 0.15) is 0 Å². The third-order valence-electron chi connectivity index (χ3n) is 10.8. The number of aromatic nitrogens is 2. The smallest absolute Gasteiger partial charge is 0.0970 e. The van der Waals surface area contributed by atoms with Crippen LogP contribution in [-0.4, -0.2) is 17.0 Å². The molecular weight excluding hydrogens is 679 g/mol. The first kappa shape index (κ1) is 36.2. The summed E-state index contributed by atoms with van der Waals surface area (Å²) in [6, 6.07) is 41.1. The zero-order chi connectivity index (χ0) is 38.4. The third-order valence-corrected chi connectivity index (χ3v) is 10.8. The van der Waals surface area contributed by atoms with Crippen LogP contribution in [0.15, 0.2) is 189 Å². The lowest BCUT2D eigenvalue weighted by molar-refractivity contribution is 0.835. The van der Waals surface area contributed by atoms with Gasteiger partial charge in [-0.25, -0.2) is 0 Å². The van der Waals surface area contributed by atoms with Gasteiger partial charge in [0.2, 0.25) is 0 Å². The molecule has 0 spiro atoms. The van der Waals surface area contributed by atoms with Crippen molar-refractivity contribution in [3.8, 4) is 11.1 Å². The van der Waals surface area contributed by atoms with Gasteiger partial charge in [0.05, 0.1) is 16.7 Å². The number of pyridine rings is 2. The number of unbranched alkanes of at least 4 members (excludes halogenated alkanes) is 1. The largest absolute Gasteiger partial charge is 0.387 e. The third kappa shape index (κ3) is 6.73. The van der Waals surface area contributed by atoms with Crippen molar-refractivity contribution in [2.24, 2.45) is 0 Å². The Labute approximate surface area is 329 Å². The van der Waals surface area contributed by atoms with E-state index in [0.717, 1.165) is 57.9 Å². The molecule has 0 bridgehead atoms. The van der Waals surface area contributed by atoms with E-state index in [4.69, 9.17) is 4.98 Å². The van der Waals surface area contributed by atoms with Gasteiger partial charge in [-0.05, 0) is 93.1 Å². The fourth-order valence-corrected chi connectivity index (χ4v) is 8.25. The minimum absolute atomic E-state index is 0.922. The van der Waals surface area contributed by atoms with E-state index >= 15 is 0 Å². The highest BCUT2D eigenvalue weighted by Gasteiger charge is 2.18. The van der Waals surface area contributed by atoms with Crippen molar-refractivity contribution in [3.63, 3.8) is 0 Å². The molecule has 0 radical (unpaired) electrons. The number of fused-ring (bicyclic) bond motifs is 7. The zero-order valence-electron chi connectivity index (χ0n) is 32.1. The maximum Gasteiger partial charge on any atom is 0.0970 e. The van der Waals surface area contributed by atoms with E-state index in [0.29, 0.717) is 0 Å². The number of benzene rings is 6. The molecule has 2 aromatic heterocycles. The van der Waals surface area contributed by atoms with Crippen molar-refractivity contribution in [1.29, 1.82) is 0 Å². The monoisotopic (exact) mass is 723 g/mol. The summed E-state index contributed by atoms with van der Waals surface area (Å²) in [7, 11) is 2.03.